The first-order valence-corrected chi connectivity index (χ1v) is 7.33. The van der Waals surface area contributed by atoms with Gasteiger partial charge in [0.2, 0.25) is 0 Å². The number of aryl methyl sites for hydroxylation is 1. The highest BCUT2D eigenvalue weighted by molar-refractivity contribution is 5.79. The minimum atomic E-state index is 0.677. The predicted octanol–water partition coefficient (Wildman–Crippen LogP) is 3.61. The number of pyridine rings is 1. The summed E-state index contributed by atoms with van der Waals surface area (Å²) in [6.45, 7) is 4.59. The molecular weight excluding hydrogens is 232 g/mol. The molecule has 0 saturated carbocycles. The lowest BCUT2D eigenvalue weighted by molar-refractivity contribution is 0.251. The molecule has 0 aliphatic carbocycles. The molecule has 2 nitrogen and oxygen atoms in total. The summed E-state index contributed by atoms with van der Waals surface area (Å²) in [6, 6.07) is 9.09. The van der Waals surface area contributed by atoms with Crippen LogP contribution >= 0.6 is 0 Å². The van der Waals surface area contributed by atoms with Gasteiger partial charge in [0.15, 0.2) is 0 Å². The van der Waals surface area contributed by atoms with Crippen molar-refractivity contribution in [3.8, 4) is 0 Å². The van der Waals surface area contributed by atoms with Crippen molar-refractivity contribution in [3.05, 3.63) is 41.6 Å². The standard InChI is InChI=1S/C17H22N2/c1-3-13-9-15-7-6-14(10-17(15)18-11-13)16-5-4-8-19(2)12-16/h6-7,9-11,16H,3-5,8,12H2,1-2H3. The molecule has 1 aliphatic rings. The van der Waals surface area contributed by atoms with E-state index >= 15 is 0 Å². The molecule has 1 aromatic heterocycles. The van der Waals surface area contributed by atoms with Crippen molar-refractivity contribution < 1.29 is 0 Å². The van der Waals surface area contributed by atoms with E-state index in [1.807, 2.05) is 6.20 Å². The third-order valence-electron chi connectivity index (χ3n) is 4.27. The fraction of sp³-hybridized carbons (Fsp3) is 0.471. The Hall–Kier alpha value is -1.41. The molecule has 0 amide bonds. The second kappa shape index (κ2) is 5.30. The third kappa shape index (κ3) is 2.64. The third-order valence-corrected chi connectivity index (χ3v) is 4.27. The van der Waals surface area contributed by atoms with Crippen LogP contribution in [0.1, 0.15) is 36.8 Å². The molecular formula is C17H22N2. The number of piperidine rings is 1. The molecule has 1 atom stereocenters. The van der Waals surface area contributed by atoms with E-state index in [1.54, 1.807) is 0 Å². The Bertz CT molecular complexity index is 576. The van der Waals surface area contributed by atoms with Crippen LogP contribution in [0.2, 0.25) is 0 Å². The summed E-state index contributed by atoms with van der Waals surface area (Å²) < 4.78 is 0. The Morgan fingerprint density at radius 1 is 1.32 bits per heavy atom. The Kier molecular flexibility index (Phi) is 3.52. The SMILES string of the molecule is CCc1cnc2cc(C3CCCN(C)C3)ccc2c1. The van der Waals surface area contributed by atoms with E-state index in [2.05, 4.69) is 48.1 Å². The largest absolute Gasteiger partial charge is 0.306 e. The van der Waals surface area contributed by atoms with E-state index in [0.717, 1.165) is 11.9 Å². The van der Waals surface area contributed by atoms with Crippen molar-refractivity contribution in [3.63, 3.8) is 0 Å². The van der Waals surface area contributed by atoms with Crippen molar-refractivity contribution >= 4 is 10.9 Å². The molecule has 100 valence electrons. The molecule has 0 radical (unpaired) electrons. The highest BCUT2D eigenvalue weighted by atomic mass is 15.1. The van der Waals surface area contributed by atoms with Crippen LogP contribution in [0.3, 0.4) is 0 Å². The number of fused-ring (bicyclic) bond motifs is 1. The van der Waals surface area contributed by atoms with Crippen LogP contribution in [0.5, 0.6) is 0 Å². The fourth-order valence-corrected chi connectivity index (χ4v) is 3.07. The maximum atomic E-state index is 4.61. The Morgan fingerprint density at radius 3 is 3.00 bits per heavy atom. The number of hydrogen-bond donors (Lipinski definition) is 0. The summed E-state index contributed by atoms with van der Waals surface area (Å²) in [6.07, 6.45) is 5.68. The van der Waals surface area contributed by atoms with Gasteiger partial charge in [-0.05, 0) is 62.0 Å². The van der Waals surface area contributed by atoms with Crippen molar-refractivity contribution in [2.75, 3.05) is 20.1 Å². The van der Waals surface area contributed by atoms with Crippen molar-refractivity contribution in [2.45, 2.75) is 32.1 Å². The number of rotatable bonds is 2. The van der Waals surface area contributed by atoms with Gasteiger partial charge < -0.3 is 4.90 Å². The molecule has 1 fully saturated rings. The van der Waals surface area contributed by atoms with Crippen LogP contribution in [0, 0.1) is 0 Å². The number of likely N-dealkylation sites (tertiary alicyclic amines) is 1. The molecule has 2 heteroatoms. The van der Waals surface area contributed by atoms with E-state index in [0.29, 0.717) is 5.92 Å². The minimum absolute atomic E-state index is 0.677. The summed E-state index contributed by atoms with van der Waals surface area (Å²) in [5, 5.41) is 1.27. The maximum absolute atomic E-state index is 4.61. The van der Waals surface area contributed by atoms with Crippen LogP contribution in [0.4, 0.5) is 0 Å². The first-order chi connectivity index (χ1) is 9.26. The zero-order valence-electron chi connectivity index (χ0n) is 11.9. The zero-order valence-corrected chi connectivity index (χ0v) is 11.9. The van der Waals surface area contributed by atoms with E-state index < -0.39 is 0 Å². The van der Waals surface area contributed by atoms with Crippen LogP contribution in [0.15, 0.2) is 30.5 Å². The van der Waals surface area contributed by atoms with Crippen LogP contribution in [-0.2, 0) is 6.42 Å². The molecule has 2 aromatic rings. The van der Waals surface area contributed by atoms with Crippen LogP contribution < -0.4 is 0 Å². The highest BCUT2D eigenvalue weighted by Crippen LogP contribution is 2.28. The molecule has 1 unspecified atom stereocenters. The van der Waals surface area contributed by atoms with Gasteiger partial charge in [0.1, 0.15) is 0 Å². The number of hydrogen-bond acceptors (Lipinski definition) is 2. The van der Waals surface area contributed by atoms with Gasteiger partial charge in [-0.25, -0.2) is 0 Å². The molecule has 1 aliphatic heterocycles. The molecule has 2 heterocycles. The quantitative estimate of drug-likeness (QED) is 0.814. The molecule has 1 aromatic carbocycles. The normalized spacial score (nSPS) is 20.8. The molecule has 0 N–H and O–H groups in total. The van der Waals surface area contributed by atoms with Gasteiger partial charge in [0.25, 0.3) is 0 Å². The maximum Gasteiger partial charge on any atom is 0.0705 e. The lowest BCUT2D eigenvalue weighted by Crippen LogP contribution is -2.30. The zero-order chi connectivity index (χ0) is 13.2. The second-order valence-corrected chi connectivity index (χ2v) is 5.75. The summed E-state index contributed by atoms with van der Waals surface area (Å²) in [5.74, 6) is 0.677. The van der Waals surface area contributed by atoms with Gasteiger partial charge in [-0.2, -0.15) is 0 Å². The van der Waals surface area contributed by atoms with E-state index in [-0.39, 0.29) is 0 Å². The minimum Gasteiger partial charge on any atom is -0.306 e. The van der Waals surface area contributed by atoms with E-state index in [9.17, 15) is 0 Å². The first kappa shape index (κ1) is 12.6. The van der Waals surface area contributed by atoms with Gasteiger partial charge in [-0.1, -0.05) is 19.1 Å². The Morgan fingerprint density at radius 2 is 2.21 bits per heavy atom. The van der Waals surface area contributed by atoms with E-state index in [1.165, 1.54) is 42.4 Å². The molecule has 3 rings (SSSR count). The van der Waals surface area contributed by atoms with Gasteiger partial charge in [-0.3, -0.25) is 4.98 Å². The van der Waals surface area contributed by atoms with Crippen LogP contribution in [-0.4, -0.2) is 30.0 Å². The van der Waals surface area contributed by atoms with Crippen LogP contribution in [0.25, 0.3) is 10.9 Å². The lowest BCUT2D eigenvalue weighted by atomic mass is 9.90. The topological polar surface area (TPSA) is 16.1 Å². The first-order valence-electron chi connectivity index (χ1n) is 7.33. The Labute approximate surface area is 115 Å². The van der Waals surface area contributed by atoms with Gasteiger partial charge >= 0.3 is 0 Å². The van der Waals surface area contributed by atoms with Gasteiger partial charge in [0.05, 0.1) is 5.52 Å². The second-order valence-electron chi connectivity index (χ2n) is 5.75. The smallest absolute Gasteiger partial charge is 0.0705 e. The average molecular weight is 254 g/mol. The van der Waals surface area contributed by atoms with Gasteiger partial charge in [0, 0.05) is 18.1 Å². The summed E-state index contributed by atoms with van der Waals surface area (Å²) >= 11 is 0. The summed E-state index contributed by atoms with van der Waals surface area (Å²) in [4.78, 5) is 7.05. The van der Waals surface area contributed by atoms with Crippen molar-refractivity contribution in [1.82, 2.24) is 9.88 Å². The fourth-order valence-electron chi connectivity index (χ4n) is 3.07. The molecule has 1 saturated heterocycles. The highest BCUT2D eigenvalue weighted by Gasteiger charge is 2.19. The monoisotopic (exact) mass is 254 g/mol. The summed E-state index contributed by atoms with van der Waals surface area (Å²) in [5.41, 5.74) is 3.91. The molecule has 19 heavy (non-hydrogen) atoms. The lowest BCUT2D eigenvalue weighted by Gasteiger charge is -2.30. The van der Waals surface area contributed by atoms with Crippen molar-refractivity contribution in [2.24, 2.45) is 0 Å². The molecule has 0 spiro atoms. The van der Waals surface area contributed by atoms with E-state index in [4.69, 9.17) is 0 Å². The van der Waals surface area contributed by atoms with Gasteiger partial charge in [-0.15, -0.1) is 0 Å². The summed E-state index contributed by atoms with van der Waals surface area (Å²) in [7, 11) is 2.22. The number of benzene rings is 1. The number of aromatic nitrogens is 1. The Balaban J connectivity index is 1.93. The van der Waals surface area contributed by atoms with Crippen molar-refractivity contribution in [1.29, 1.82) is 0 Å². The number of nitrogens with zero attached hydrogens (tertiary/aromatic N) is 2. The number of likely N-dealkylation sites (N-methyl/N-ethyl adjacent to an activating group) is 1. The average Bonchev–Trinajstić information content (AvgIpc) is 2.46. The molecule has 0 bridgehead atoms. The predicted molar refractivity (Wildman–Crippen MR) is 80.6 cm³/mol.